The molecular weight excluding hydrogens is 637 g/mol. The van der Waals surface area contributed by atoms with Crippen molar-refractivity contribution in [2.75, 3.05) is 0 Å². The van der Waals surface area contributed by atoms with Gasteiger partial charge < -0.3 is 8.98 Å². The number of fused-ring (bicyclic) bond motifs is 8. The van der Waals surface area contributed by atoms with Crippen molar-refractivity contribution in [3.8, 4) is 39.9 Å². The Kier molecular flexibility index (Phi) is 6.18. The second kappa shape index (κ2) is 11.2. The Morgan fingerprint density at radius 1 is 0.385 bits per heavy atom. The summed E-state index contributed by atoms with van der Waals surface area (Å²) in [7, 11) is 0. The molecule has 0 saturated heterocycles. The highest BCUT2D eigenvalue weighted by Crippen LogP contribution is 2.41. The topological polar surface area (TPSA) is 56.7 Å². The van der Waals surface area contributed by atoms with Crippen molar-refractivity contribution in [2.24, 2.45) is 0 Å². The van der Waals surface area contributed by atoms with Crippen molar-refractivity contribution < 1.29 is 4.42 Å². The molecule has 52 heavy (non-hydrogen) atoms. The molecule has 8 aromatic carbocycles. The van der Waals surface area contributed by atoms with Gasteiger partial charge in [-0.2, -0.15) is 0 Å². The van der Waals surface area contributed by atoms with E-state index in [1.807, 2.05) is 72.8 Å². The Balaban J connectivity index is 1.19. The minimum atomic E-state index is 0.598. The lowest BCUT2D eigenvalue weighted by atomic mass is 10.0. The lowest BCUT2D eigenvalue weighted by Gasteiger charge is -2.10. The predicted molar refractivity (Wildman–Crippen MR) is 213 cm³/mol. The summed E-state index contributed by atoms with van der Waals surface area (Å²) < 4.78 is 8.92. The maximum atomic E-state index is 6.53. The van der Waals surface area contributed by atoms with Gasteiger partial charge in [0.1, 0.15) is 11.2 Å². The Hall–Kier alpha value is -7.11. The van der Waals surface area contributed by atoms with Crippen molar-refractivity contribution >= 4 is 65.3 Å². The van der Waals surface area contributed by atoms with Crippen molar-refractivity contribution in [2.45, 2.75) is 0 Å². The normalized spacial score (nSPS) is 11.8. The van der Waals surface area contributed by atoms with Gasteiger partial charge in [0.05, 0.1) is 11.0 Å². The fraction of sp³-hybridized carbons (Fsp3) is 0. The highest BCUT2D eigenvalue weighted by molar-refractivity contribution is 6.17. The van der Waals surface area contributed by atoms with Crippen molar-refractivity contribution in [1.29, 1.82) is 0 Å². The zero-order chi connectivity index (χ0) is 34.2. The molecule has 0 fully saturated rings. The van der Waals surface area contributed by atoms with E-state index < -0.39 is 0 Å². The SMILES string of the molecule is c1ccc(-c2nc(-c3ccccc3)nc(-c3cccc4oc5ccc(-n6c7cc8ccccc8cc7c7cc8ccccc8cc76)cc5c34)n2)cc1. The third-order valence-electron chi connectivity index (χ3n) is 10.2. The van der Waals surface area contributed by atoms with E-state index in [2.05, 4.69) is 102 Å². The number of benzene rings is 8. The van der Waals surface area contributed by atoms with Crippen LogP contribution < -0.4 is 0 Å². The summed E-state index contributed by atoms with van der Waals surface area (Å²) in [5.41, 5.74) is 7.73. The molecule has 11 aromatic rings. The fourth-order valence-electron chi connectivity index (χ4n) is 7.74. The average molecular weight is 665 g/mol. The largest absolute Gasteiger partial charge is 0.456 e. The first-order valence-corrected chi connectivity index (χ1v) is 17.4. The molecule has 3 aromatic heterocycles. The summed E-state index contributed by atoms with van der Waals surface area (Å²) in [5.74, 6) is 1.85. The second-order valence-electron chi connectivity index (χ2n) is 13.3. The number of hydrogen-bond donors (Lipinski definition) is 0. The summed E-state index contributed by atoms with van der Waals surface area (Å²) in [6.07, 6.45) is 0. The maximum absolute atomic E-state index is 6.53. The van der Waals surface area contributed by atoms with E-state index in [0.717, 1.165) is 55.3 Å². The Labute approximate surface area is 298 Å². The zero-order valence-electron chi connectivity index (χ0n) is 27.9. The van der Waals surface area contributed by atoms with Gasteiger partial charge in [0, 0.05) is 43.9 Å². The van der Waals surface area contributed by atoms with Crippen LogP contribution in [0.4, 0.5) is 0 Å². The van der Waals surface area contributed by atoms with Gasteiger partial charge in [0.25, 0.3) is 0 Å². The highest BCUT2D eigenvalue weighted by atomic mass is 16.3. The van der Waals surface area contributed by atoms with Gasteiger partial charge in [-0.05, 0) is 70.1 Å². The maximum Gasteiger partial charge on any atom is 0.164 e. The fourth-order valence-corrected chi connectivity index (χ4v) is 7.74. The first-order chi connectivity index (χ1) is 25.7. The minimum absolute atomic E-state index is 0.598. The Morgan fingerprint density at radius 3 is 1.48 bits per heavy atom. The minimum Gasteiger partial charge on any atom is -0.456 e. The van der Waals surface area contributed by atoms with Crippen LogP contribution in [0.3, 0.4) is 0 Å². The van der Waals surface area contributed by atoms with Gasteiger partial charge >= 0.3 is 0 Å². The summed E-state index contributed by atoms with van der Waals surface area (Å²) >= 11 is 0. The van der Waals surface area contributed by atoms with Gasteiger partial charge in [0.15, 0.2) is 17.5 Å². The van der Waals surface area contributed by atoms with E-state index in [0.29, 0.717) is 17.5 Å². The molecule has 5 nitrogen and oxygen atoms in total. The third kappa shape index (κ3) is 4.46. The van der Waals surface area contributed by atoms with E-state index in [1.54, 1.807) is 0 Å². The molecule has 0 unspecified atom stereocenters. The van der Waals surface area contributed by atoms with Crippen LogP contribution >= 0.6 is 0 Å². The summed E-state index contributed by atoms with van der Waals surface area (Å²) in [5, 5.41) is 9.30. The van der Waals surface area contributed by atoms with E-state index in [9.17, 15) is 0 Å². The van der Waals surface area contributed by atoms with Crippen LogP contribution in [0.1, 0.15) is 0 Å². The van der Waals surface area contributed by atoms with Gasteiger partial charge in [-0.1, -0.05) is 121 Å². The first kappa shape index (κ1) is 28.7. The number of aromatic nitrogens is 4. The lowest BCUT2D eigenvalue weighted by Crippen LogP contribution is -2.00. The zero-order valence-corrected chi connectivity index (χ0v) is 27.9. The molecule has 0 amide bonds. The lowest BCUT2D eigenvalue weighted by molar-refractivity contribution is 0.669. The first-order valence-electron chi connectivity index (χ1n) is 17.4. The molecule has 242 valence electrons. The van der Waals surface area contributed by atoms with E-state index in [1.165, 1.54) is 32.3 Å². The smallest absolute Gasteiger partial charge is 0.164 e. The molecular formula is C47H28N4O. The predicted octanol–water partition coefficient (Wildman–Crippen LogP) is 12.2. The number of rotatable bonds is 4. The monoisotopic (exact) mass is 664 g/mol. The van der Waals surface area contributed by atoms with Gasteiger partial charge in [-0.15, -0.1) is 0 Å². The molecule has 0 atom stereocenters. The Morgan fingerprint density at radius 2 is 0.904 bits per heavy atom. The van der Waals surface area contributed by atoms with Crippen LogP contribution in [-0.2, 0) is 0 Å². The van der Waals surface area contributed by atoms with Crippen LogP contribution in [-0.4, -0.2) is 19.5 Å². The number of furan rings is 1. The standard InChI is InChI=1S/C47H28N4O/c1-3-12-29(13-4-1)45-48-46(30-14-5-2-6-15-30)50-47(49-45)36-20-11-21-43-44(36)39-28-35(22-23-42(39)52-43)51-40-26-33-18-9-7-16-31(33)24-37(40)38-25-32-17-8-10-19-34(32)27-41(38)51/h1-28H. The second-order valence-corrected chi connectivity index (χ2v) is 13.3. The molecule has 0 N–H and O–H groups in total. The van der Waals surface area contributed by atoms with Crippen LogP contribution in [0.15, 0.2) is 174 Å². The van der Waals surface area contributed by atoms with Crippen LogP contribution in [0, 0.1) is 0 Å². The van der Waals surface area contributed by atoms with Crippen LogP contribution in [0.25, 0.3) is 105 Å². The highest BCUT2D eigenvalue weighted by Gasteiger charge is 2.20. The molecule has 0 aliphatic heterocycles. The molecule has 11 rings (SSSR count). The summed E-state index contributed by atoms with van der Waals surface area (Å²) in [6.45, 7) is 0. The van der Waals surface area contributed by atoms with E-state index in [-0.39, 0.29) is 0 Å². The van der Waals surface area contributed by atoms with Crippen molar-refractivity contribution in [3.05, 3.63) is 170 Å². The van der Waals surface area contributed by atoms with Gasteiger partial charge in [0.2, 0.25) is 0 Å². The van der Waals surface area contributed by atoms with E-state index in [4.69, 9.17) is 19.4 Å². The molecule has 0 aliphatic carbocycles. The van der Waals surface area contributed by atoms with Crippen molar-refractivity contribution in [3.63, 3.8) is 0 Å². The molecule has 0 aliphatic rings. The average Bonchev–Trinajstić information content (AvgIpc) is 3.74. The Bertz CT molecular complexity index is 3030. The van der Waals surface area contributed by atoms with Crippen molar-refractivity contribution in [1.82, 2.24) is 19.5 Å². The van der Waals surface area contributed by atoms with Crippen LogP contribution in [0.5, 0.6) is 0 Å². The quantitative estimate of drug-likeness (QED) is 0.188. The molecule has 0 bridgehead atoms. The molecule has 3 heterocycles. The molecule has 0 spiro atoms. The third-order valence-corrected chi connectivity index (χ3v) is 10.2. The summed E-state index contributed by atoms with van der Waals surface area (Å²) in [4.78, 5) is 15.1. The molecule has 5 heteroatoms. The number of hydrogen-bond acceptors (Lipinski definition) is 4. The summed E-state index contributed by atoms with van der Waals surface area (Å²) in [6, 6.07) is 59.3. The molecule has 0 radical (unpaired) electrons. The van der Waals surface area contributed by atoms with Gasteiger partial charge in [-0.3, -0.25) is 0 Å². The van der Waals surface area contributed by atoms with E-state index >= 15 is 0 Å². The van der Waals surface area contributed by atoms with Gasteiger partial charge in [-0.25, -0.2) is 15.0 Å². The van der Waals surface area contributed by atoms with Crippen LogP contribution in [0.2, 0.25) is 0 Å². The number of nitrogens with zero attached hydrogens (tertiary/aromatic N) is 4. The molecule has 0 saturated carbocycles.